The number of aliphatic hydroxyl groups excluding tert-OH is 1. The van der Waals surface area contributed by atoms with Gasteiger partial charge in [0, 0.05) is 12.8 Å². The van der Waals surface area contributed by atoms with Crippen molar-refractivity contribution in [2.45, 2.75) is 30.9 Å². The molecule has 1 saturated carbocycles. The minimum absolute atomic E-state index is 0.0241. The number of aliphatic hydroxyl groups is 1. The lowest BCUT2D eigenvalue weighted by atomic mass is 9.81. The van der Waals surface area contributed by atoms with Crippen molar-refractivity contribution < 1.29 is 18.6 Å². The van der Waals surface area contributed by atoms with Gasteiger partial charge >= 0.3 is 0 Å². The summed E-state index contributed by atoms with van der Waals surface area (Å²) in [5.41, 5.74) is 0. The van der Waals surface area contributed by atoms with Crippen molar-refractivity contribution in [3.63, 3.8) is 0 Å². The SMILES string of the molecule is O[C@@H]1COC[C@H]1NCC1CC(F)(F)C1. The molecule has 2 rings (SSSR count). The topological polar surface area (TPSA) is 41.5 Å². The molecule has 3 nitrogen and oxygen atoms in total. The van der Waals surface area contributed by atoms with Gasteiger partial charge in [0.2, 0.25) is 5.92 Å². The molecule has 2 atom stereocenters. The number of rotatable bonds is 3. The van der Waals surface area contributed by atoms with Crippen molar-refractivity contribution in [1.82, 2.24) is 5.32 Å². The zero-order chi connectivity index (χ0) is 10.2. The molecule has 1 aliphatic heterocycles. The predicted octanol–water partition coefficient (Wildman–Crippen LogP) is 0.381. The van der Waals surface area contributed by atoms with Crippen LogP contribution in [0.1, 0.15) is 12.8 Å². The van der Waals surface area contributed by atoms with E-state index in [-0.39, 0.29) is 24.8 Å². The van der Waals surface area contributed by atoms with Crippen LogP contribution in [0.5, 0.6) is 0 Å². The van der Waals surface area contributed by atoms with Gasteiger partial charge in [-0.15, -0.1) is 0 Å². The Hall–Kier alpha value is -0.260. The highest BCUT2D eigenvalue weighted by Crippen LogP contribution is 2.41. The zero-order valence-electron chi connectivity index (χ0n) is 7.88. The first-order chi connectivity index (χ1) is 6.57. The summed E-state index contributed by atoms with van der Waals surface area (Å²) < 4.78 is 30.0. The van der Waals surface area contributed by atoms with E-state index in [4.69, 9.17) is 4.74 Å². The third-order valence-corrected chi connectivity index (χ3v) is 2.89. The lowest BCUT2D eigenvalue weighted by Crippen LogP contribution is -2.46. The lowest BCUT2D eigenvalue weighted by Gasteiger charge is -2.35. The number of halogens is 2. The Morgan fingerprint density at radius 1 is 1.36 bits per heavy atom. The van der Waals surface area contributed by atoms with E-state index in [2.05, 4.69) is 5.32 Å². The summed E-state index contributed by atoms with van der Waals surface area (Å²) in [5, 5.41) is 12.4. The molecular weight excluding hydrogens is 192 g/mol. The van der Waals surface area contributed by atoms with E-state index >= 15 is 0 Å². The average molecular weight is 207 g/mol. The van der Waals surface area contributed by atoms with Crippen molar-refractivity contribution in [3.05, 3.63) is 0 Å². The molecule has 0 aromatic rings. The molecule has 1 aliphatic carbocycles. The van der Waals surface area contributed by atoms with Crippen molar-refractivity contribution in [2.75, 3.05) is 19.8 Å². The Kier molecular flexibility index (Phi) is 2.72. The maximum absolute atomic E-state index is 12.5. The molecule has 0 unspecified atom stereocenters. The van der Waals surface area contributed by atoms with Gasteiger partial charge in [-0.25, -0.2) is 8.78 Å². The van der Waals surface area contributed by atoms with E-state index in [1.54, 1.807) is 0 Å². The number of hydrogen-bond donors (Lipinski definition) is 2. The first-order valence-electron chi connectivity index (χ1n) is 4.94. The van der Waals surface area contributed by atoms with Gasteiger partial charge in [-0.1, -0.05) is 0 Å². The molecule has 1 saturated heterocycles. The van der Waals surface area contributed by atoms with Crippen molar-refractivity contribution in [3.8, 4) is 0 Å². The van der Waals surface area contributed by atoms with Crippen LogP contribution in [0.25, 0.3) is 0 Å². The molecule has 0 amide bonds. The van der Waals surface area contributed by atoms with E-state index in [1.165, 1.54) is 0 Å². The monoisotopic (exact) mass is 207 g/mol. The first-order valence-corrected chi connectivity index (χ1v) is 4.94. The lowest BCUT2D eigenvalue weighted by molar-refractivity contribution is -0.109. The Morgan fingerprint density at radius 3 is 2.57 bits per heavy atom. The molecule has 1 heterocycles. The normalized spacial score (nSPS) is 37.1. The Bertz CT molecular complexity index is 205. The quantitative estimate of drug-likeness (QED) is 0.703. The van der Waals surface area contributed by atoms with Crippen LogP contribution in [-0.4, -0.2) is 42.9 Å². The fourth-order valence-electron chi connectivity index (χ4n) is 1.99. The van der Waals surface area contributed by atoms with Gasteiger partial charge < -0.3 is 15.2 Å². The van der Waals surface area contributed by atoms with Gasteiger partial charge in [-0.3, -0.25) is 0 Å². The Morgan fingerprint density at radius 2 is 2.07 bits per heavy atom. The maximum Gasteiger partial charge on any atom is 0.248 e. The second-order valence-electron chi connectivity index (χ2n) is 4.25. The summed E-state index contributed by atoms with van der Waals surface area (Å²) >= 11 is 0. The summed E-state index contributed by atoms with van der Waals surface area (Å²) in [5.74, 6) is -2.39. The van der Waals surface area contributed by atoms with E-state index < -0.39 is 12.0 Å². The summed E-state index contributed by atoms with van der Waals surface area (Å²) in [6.07, 6.45) is -0.538. The van der Waals surface area contributed by atoms with Crippen LogP contribution in [0.3, 0.4) is 0 Å². The van der Waals surface area contributed by atoms with Gasteiger partial charge in [-0.2, -0.15) is 0 Å². The summed E-state index contributed by atoms with van der Waals surface area (Å²) in [6.45, 7) is 1.38. The van der Waals surface area contributed by atoms with Gasteiger partial charge in [-0.05, 0) is 12.5 Å². The van der Waals surface area contributed by atoms with Gasteiger partial charge in [0.1, 0.15) is 0 Å². The summed E-state index contributed by atoms with van der Waals surface area (Å²) in [7, 11) is 0. The second-order valence-corrected chi connectivity index (χ2v) is 4.25. The molecule has 2 N–H and O–H groups in total. The molecule has 2 aliphatic rings. The summed E-state index contributed by atoms with van der Waals surface area (Å²) in [4.78, 5) is 0. The van der Waals surface area contributed by atoms with Crippen molar-refractivity contribution in [2.24, 2.45) is 5.92 Å². The van der Waals surface area contributed by atoms with Crippen LogP contribution in [0, 0.1) is 5.92 Å². The second kappa shape index (κ2) is 3.72. The molecule has 82 valence electrons. The molecule has 0 bridgehead atoms. The van der Waals surface area contributed by atoms with Crippen LogP contribution in [0.15, 0.2) is 0 Å². The molecule has 0 aromatic carbocycles. The molecule has 14 heavy (non-hydrogen) atoms. The maximum atomic E-state index is 12.5. The van der Waals surface area contributed by atoms with Gasteiger partial charge in [0.15, 0.2) is 0 Å². The molecule has 0 spiro atoms. The van der Waals surface area contributed by atoms with Gasteiger partial charge in [0.25, 0.3) is 0 Å². The van der Waals surface area contributed by atoms with Crippen LogP contribution in [0.4, 0.5) is 8.78 Å². The van der Waals surface area contributed by atoms with E-state index in [1.807, 2.05) is 0 Å². The molecule has 5 heteroatoms. The Labute approximate surface area is 81.4 Å². The minimum atomic E-state index is -2.45. The van der Waals surface area contributed by atoms with Gasteiger partial charge in [0.05, 0.1) is 25.4 Å². The highest BCUT2D eigenvalue weighted by atomic mass is 19.3. The van der Waals surface area contributed by atoms with Crippen LogP contribution < -0.4 is 5.32 Å². The summed E-state index contributed by atoms with van der Waals surface area (Å²) in [6, 6.07) is -0.0794. The van der Waals surface area contributed by atoms with Crippen LogP contribution in [-0.2, 0) is 4.74 Å². The third kappa shape index (κ3) is 2.21. The molecular formula is C9H15F2NO2. The molecule has 0 radical (unpaired) electrons. The smallest absolute Gasteiger partial charge is 0.248 e. The Balaban J connectivity index is 1.64. The van der Waals surface area contributed by atoms with Crippen LogP contribution in [0.2, 0.25) is 0 Å². The first kappa shape index (κ1) is 10.3. The van der Waals surface area contributed by atoms with Crippen LogP contribution >= 0.6 is 0 Å². The minimum Gasteiger partial charge on any atom is -0.389 e. The fraction of sp³-hybridized carbons (Fsp3) is 1.00. The number of alkyl halides is 2. The van der Waals surface area contributed by atoms with E-state index in [0.717, 1.165) is 0 Å². The fourth-order valence-corrected chi connectivity index (χ4v) is 1.99. The largest absolute Gasteiger partial charge is 0.389 e. The van der Waals surface area contributed by atoms with E-state index in [0.29, 0.717) is 19.8 Å². The standard InChI is InChI=1S/C9H15F2NO2/c10-9(11)1-6(2-9)3-12-7-4-14-5-8(7)13/h6-8,12-13H,1-5H2/t7-,8-/m1/s1. The third-order valence-electron chi connectivity index (χ3n) is 2.89. The highest BCUT2D eigenvalue weighted by molar-refractivity contribution is 4.89. The van der Waals surface area contributed by atoms with Crippen molar-refractivity contribution >= 4 is 0 Å². The number of hydrogen-bond acceptors (Lipinski definition) is 3. The molecule has 0 aromatic heterocycles. The number of nitrogens with one attached hydrogen (secondary N) is 1. The number of ether oxygens (including phenoxy) is 1. The van der Waals surface area contributed by atoms with Crippen molar-refractivity contribution in [1.29, 1.82) is 0 Å². The zero-order valence-corrected chi connectivity index (χ0v) is 7.88. The highest BCUT2D eigenvalue weighted by Gasteiger charge is 2.45. The predicted molar refractivity (Wildman–Crippen MR) is 46.3 cm³/mol. The van der Waals surface area contributed by atoms with E-state index in [9.17, 15) is 13.9 Å². The average Bonchev–Trinajstić information content (AvgIpc) is 2.44. The molecule has 2 fully saturated rings.